The van der Waals surface area contributed by atoms with E-state index in [1.54, 1.807) is 17.0 Å². The first-order valence-corrected chi connectivity index (χ1v) is 9.37. The molecule has 126 valence electrons. The van der Waals surface area contributed by atoms with Gasteiger partial charge in [-0.3, -0.25) is 4.79 Å². The molecule has 0 radical (unpaired) electrons. The minimum Gasteiger partial charge on any atom is -0.373 e. The van der Waals surface area contributed by atoms with Gasteiger partial charge in [0.15, 0.2) is 0 Å². The molecule has 6 nitrogen and oxygen atoms in total. The summed E-state index contributed by atoms with van der Waals surface area (Å²) in [4.78, 5) is 14.1. The zero-order chi connectivity index (χ0) is 16.6. The van der Waals surface area contributed by atoms with Crippen molar-refractivity contribution in [3.8, 4) is 0 Å². The van der Waals surface area contributed by atoms with Gasteiger partial charge < -0.3 is 9.64 Å². The molecule has 2 atom stereocenters. The van der Waals surface area contributed by atoms with Crippen LogP contribution in [0.15, 0.2) is 29.2 Å². The van der Waals surface area contributed by atoms with E-state index in [9.17, 15) is 13.2 Å². The van der Waals surface area contributed by atoms with Crippen LogP contribution in [0.25, 0.3) is 0 Å². The van der Waals surface area contributed by atoms with Gasteiger partial charge in [-0.2, -0.15) is 4.31 Å². The molecule has 2 fully saturated rings. The van der Waals surface area contributed by atoms with E-state index in [1.165, 1.54) is 16.4 Å². The quantitative estimate of drug-likeness (QED) is 0.834. The number of likely N-dealkylation sites (tertiary alicyclic amines) is 1. The monoisotopic (exact) mass is 338 g/mol. The van der Waals surface area contributed by atoms with Crippen molar-refractivity contribution in [2.24, 2.45) is 0 Å². The fourth-order valence-corrected chi connectivity index (χ4v) is 4.54. The normalized spacial score (nSPS) is 25.9. The number of amides is 1. The molecule has 1 aromatic carbocycles. The summed E-state index contributed by atoms with van der Waals surface area (Å²) in [6.07, 6.45) is 0.785. The van der Waals surface area contributed by atoms with Gasteiger partial charge in [0, 0.05) is 31.7 Å². The van der Waals surface area contributed by atoms with Gasteiger partial charge in [-0.1, -0.05) is 0 Å². The zero-order valence-electron chi connectivity index (χ0n) is 13.4. The maximum absolute atomic E-state index is 12.7. The standard InChI is InChI=1S/C16H22N2O4S/c1-12-10-18(11-13(2)22-12)23(20,21)15-6-4-14(5-7-15)16(19)17-8-3-9-17/h4-7,12-13H,3,8-11H2,1-2H3/t12-,13-/m0/s1. The summed E-state index contributed by atoms with van der Waals surface area (Å²) in [6.45, 7) is 5.99. The SMILES string of the molecule is C[C@H]1CN(S(=O)(=O)c2ccc(C(=O)N3CCC3)cc2)C[C@H](C)O1. The van der Waals surface area contributed by atoms with Gasteiger partial charge in [0.25, 0.3) is 5.91 Å². The fraction of sp³-hybridized carbons (Fsp3) is 0.562. The lowest BCUT2D eigenvalue weighted by Gasteiger charge is -2.34. The fourth-order valence-electron chi connectivity index (χ4n) is 2.95. The third kappa shape index (κ3) is 3.27. The van der Waals surface area contributed by atoms with Gasteiger partial charge in [0.2, 0.25) is 10.0 Å². The first-order valence-electron chi connectivity index (χ1n) is 7.93. The number of nitrogens with zero attached hydrogens (tertiary/aromatic N) is 2. The van der Waals surface area contributed by atoms with E-state index in [0.717, 1.165) is 19.5 Å². The van der Waals surface area contributed by atoms with Gasteiger partial charge in [0.1, 0.15) is 0 Å². The molecule has 2 aliphatic heterocycles. The van der Waals surface area contributed by atoms with E-state index >= 15 is 0 Å². The maximum atomic E-state index is 12.7. The second-order valence-corrected chi connectivity index (χ2v) is 8.19. The second-order valence-electron chi connectivity index (χ2n) is 6.25. The van der Waals surface area contributed by atoms with Gasteiger partial charge >= 0.3 is 0 Å². The smallest absolute Gasteiger partial charge is 0.253 e. The predicted molar refractivity (Wildman–Crippen MR) is 85.7 cm³/mol. The van der Waals surface area contributed by atoms with Crippen molar-refractivity contribution in [3.05, 3.63) is 29.8 Å². The lowest BCUT2D eigenvalue weighted by atomic mass is 10.1. The van der Waals surface area contributed by atoms with Crippen LogP contribution in [0.4, 0.5) is 0 Å². The molecule has 1 amide bonds. The van der Waals surface area contributed by atoms with Crippen LogP contribution in [-0.2, 0) is 14.8 Å². The van der Waals surface area contributed by atoms with Crippen molar-refractivity contribution in [2.75, 3.05) is 26.2 Å². The lowest BCUT2D eigenvalue weighted by Crippen LogP contribution is -2.48. The molecule has 3 rings (SSSR count). The lowest BCUT2D eigenvalue weighted by molar-refractivity contribution is -0.0440. The first kappa shape index (κ1) is 16.4. The Kier molecular flexibility index (Phi) is 4.44. The highest BCUT2D eigenvalue weighted by Crippen LogP contribution is 2.22. The van der Waals surface area contributed by atoms with Crippen LogP contribution in [0.1, 0.15) is 30.6 Å². The predicted octanol–water partition coefficient (Wildman–Crippen LogP) is 1.33. The summed E-state index contributed by atoms with van der Waals surface area (Å²) in [5.41, 5.74) is 0.535. The molecule has 2 aliphatic rings. The van der Waals surface area contributed by atoms with Gasteiger partial charge in [-0.15, -0.1) is 0 Å². The minimum atomic E-state index is -3.55. The van der Waals surface area contributed by atoms with Crippen LogP contribution in [-0.4, -0.2) is 61.9 Å². The molecule has 0 aliphatic carbocycles. The summed E-state index contributed by atoms with van der Waals surface area (Å²) in [5, 5.41) is 0. The summed E-state index contributed by atoms with van der Waals surface area (Å²) >= 11 is 0. The zero-order valence-corrected chi connectivity index (χ0v) is 14.3. The Morgan fingerprint density at radius 3 is 2.13 bits per heavy atom. The number of sulfonamides is 1. The molecule has 2 saturated heterocycles. The van der Waals surface area contributed by atoms with Crippen LogP contribution in [0, 0.1) is 0 Å². The Bertz CT molecular complexity index is 673. The Morgan fingerprint density at radius 1 is 1.09 bits per heavy atom. The van der Waals surface area contributed by atoms with Crippen molar-refractivity contribution in [3.63, 3.8) is 0 Å². The van der Waals surface area contributed by atoms with Crippen molar-refractivity contribution in [1.82, 2.24) is 9.21 Å². The minimum absolute atomic E-state index is 0.0335. The van der Waals surface area contributed by atoms with Gasteiger partial charge in [0.05, 0.1) is 17.1 Å². The van der Waals surface area contributed by atoms with Crippen molar-refractivity contribution in [1.29, 1.82) is 0 Å². The molecule has 7 heteroatoms. The molecule has 1 aromatic rings. The maximum Gasteiger partial charge on any atom is 0.253 e. The number of morpholine rings is 1. The molecular weight excluding hydrogens is 316 g/mol. The first-order chi connectivity index (χ1) is 10.9. The number of hydrogen-bond donors (Lipinski definition) is 0. The van der Waals surface area contributed by atoms with E-state index in [4.69, 9.17) is 4.74 Å². The van der Waals surface area contributed by atoms with E-state index in [1.807, 2.05) is 13.8 Å². The highest BCUT2D eigenvalue weighted by molar-refractivity contribution is 7.89. The summed E-state index contributed by atoms with van der Waals surface area (Å²) < 4.78 is 32.5. The molecular formula is C16H22N2O4S. The summed E-state index contributed by atoms with van der Waals surface area (Å²) in [6, 6.07) is 6.24. The topological polar surface area (TPSA) is 66.9 Å². The average molecular weight is 338 g/mol. The van der Waals surface area contributed by atoms with Crippen molar-refractivity contribution < 1.29 is 17.9 Å². The Morgan fingerprint density at radius 2 is 1.65 bits per heavy atom. The highest BCUT2D eigenvalue weighted by Gasteiger charge is 2.32. The van der Waals surface area contributed by atoms with E-state index < -0.39 is 10.0 Å². The van der Waals surface area contributed by atoms with Crippen LogP contribution in [0.5, 0.6) is 0 Å². The molecule has 0 spiro atoms. The van der Waals surface area contributed by atoms with Crippen LogP contribution >= 0.6 is 0 Å². The third-order valence-corrected chi connectivity index (χ3v) is 6.11. The Labute approximate surface area is 137 Å². The molecule has 23 heavy (non-hydrogen) atoms. The number of carbonyl (C=O) groups excluding carboxylic acids is 1. The molecule has 0 N–H and O–H groups in total. The third-order valence-electron chi connectivity index (χ3n) is 4.27. The Balaban J connectivity index is 1.78. The summed E-state index contributed by atoms with van der Waals surface area (Å²) in [5.74, 6) is -0.0335. The number of carbonyl (C=O) groups is 1. The average Bonchev–Trinajstić information content (AvgIpc) is 2.44. The van der Waals surface area contributed by atoms with Gasteiger partial charge in [-0.25, -0.2) is 8.42 Å². The number of benzene rings is 1. The molecule has 2 heterocycles. The number of ether oxygens (including phenoxy) is 1. The van der Waals surface area contributed by atoms with E-state index in [2.05, 4.69) is 0 Å². The van der Waals surface area contributed by atoms with E-state index in [-0.39, 0.29) is 23.0 Å². The highest BCUT2D eigenvalue weighted by atomic mass is 32.2. The van der Waals surface area contributed by atoms with Crippen LogP contribution in [0.3, 0.4) is 0 Å². The molecule has 0 unspecified atom stereocenters. The van der Waals surface area contributed by atoms with Gasteiger partial charge in [-0.05, 0) is 44.5 Å². The van der Waals surface area contributed by atoms with Crippen molar-refractivity contribution in [2.45, 2.75) is 37.4 Å². The molecule has 0 saturated carbocycles. The molecule has 0 bridgehead atoms. The second kappa shape index (κ2) is 6.22. The Hall–Kier alpha value is -1.44. The van der Waals surface area contributed by atoms with E-state index in [0.29, 0.717) is 18.7 Å². The van der Waals surface area contributed by atoms with Crippen LogP contribution < -0.4 is 0 Å². The molecule has 0 aromatic heterocycles. The summed E-state index contributed by atoms with van der Waals surface area (Å²) in [7, 11) is -3.55. The number of rotatable bonds is 3. The van der Waals surface area contributed by atoms with Crippen LogP contribution in [0.2, 0.25) is 0 Å². The number of hydrogen-bond acceptors (Lipinski definition) is 4. The largest absolute Gasteiger partial charge is 0.373 e. The van der Waals surface area contributed by atoms with Crippen molar-refractivity contribution >= 4 is 15.9 Å².